The number of phosphoric acid groups is 2. The second-order valence-electron chi connectivity index (χ2n) is 25.9. The lowest BCUT2D eigenvalue weighted by atomic mass is 10.0. The zero-order valence-electron chi connectivity index (χ0n) is 61.1. The van der Waals surface area contributed by atoms with Gasteiger partial charge >= 0.3 is 39.5 Å². The molecule has 0 aliphatic carbocycles. The molecule has 17 nitrogen and oxygen atoms in total. The number of unbranched alkanes of at least 4 members (excludes halogenated alkanes) is 37. The maximum atomic E-state index is 13.1. The molecule has 0 aromatic rings. The number of esters is 4. The molecular weight excluding hydrogens is 1260 g/mol. The quantitative estimate of drug-likeness (QED) is 0.0169. The Balaban J connectivity index is 5.28. The van der Waals surface area contributed by atoms with E-state index in [1.807, 2.05) is 0 Å². The van der Waals surface area contributed by atoms with Crippen molar-refractivity contribution in [1.82, 2.24) is 0 Å². The summed E-state index contributed by atoms with van der Waals surface area (Å²) in [4.78, 5) is 72.8. The van der Waals surface area contributed by atoms with E-state index in [-0.39, 0.29) is 25.7 Å². The first-order chi connectivity index (χ1) is 46.7. The zero-order valence-corrected chi connectivity index (χ0v) is 62.8. The van der Waals surface area contributed by atoms with Crippen LogP contribution in [0.1, 0.15) is 349 Å². The predicted octanol–water partition coefficient (Wildman–Crippen LogP) is 21.9. The summed E-state index contributed by atoms with van der Waals surface area (Å²) < 4.78 is 68.4. The molecule has 19 heteroatoms. The highest BCUT2D eigenvalue weighted by Gasteiger charge is 2.30. The number of rotatable bonds is 73. The van der Waals surface area contributed by atoms with Gasteiger partial charge in [-0.3, -0.25) is 37.3 Å². The van der Waals surface area contributed by atoms with Gasteiger partial charge < -0.3 is 33.8 Å². The van der Waals surface area contributed by atoms with E-state index in [2.05, 4.69) is 88.5 Å². The molecule has 5 unspecified atom stereocenters. The average Bonchev–Trinajstić information content (AvgIpc) is 1.17. The molecular formula is C77H140O17P2. The molecule has 0 bridgehead atoms. The highest BCUT2D eigenvalue weighted by Crippen LogP contribution is 2.45. The molecule has 560 valence electrons. The average molecular weight is 1400 g/mol. The van der Waals surface area contributed by atoms with Gasteiger partial charge in [0.1, 0.15) is 19.3 Å². The number of carbonyl (C=O) groups excluding carboxylic acids is 4. The van der Waals surface area contributed by atoms with Crippen LogP contribution >= 0.6 is 15.6 Å². The van der Waals surface area contributed by atoms with Crippen LogP contribution in [0.25, 0.3) is 0 Å². The number of phosphoric ester groups is 2. The molecule has 96 heavy (non-hydrogen) atoms. The number of aliphatic hydroxyl groups is 1. The van der Waals surface area contributed by atoms with Gasteiger partial charge in [0.2, 0.25) is 0 Å². The highest BCUT2D eigenvalue weighted by molar-refractivity contribution is 7.47. The van der Waals surface area contributed by atoms with Crippen LogP contribution in [0.4, 0.5) is 0 Å². The fraction of sp³-hybridized carbons (Fsp3) is 0.818. The minimum absolute atomic E-state index is 0.0902. The maximum Gasteiger partial charge on any atom is 0.472 e. The lowest BCUT2D eigenvalue weighted by Crippen LogP contribution is -2.30. The Morgan fingerprint density at radius 3 is 0.875 bits per heavy atom. The third kappa shape index (κ3) is 69.2. The van der Waals surface area contributed by atoms with Gasteiger partial charge in [-0.2, -0.15) is 0 Å². The molecule has 0 radical (unpaired) electrons. The molecule has 0 aromatic carbocycles. The summed E-state index contributed by atoms with van der Waals surface area (Å²) in [6.07, 6.45) is 67.8. The minimum atomic E-state index is -4.97. The number of carbonyl (C=O) groups is 4. The van der Waals surface area contributed by atoms with Crippen molar-refractivity contribution in [3.63, 3.8) is 0 Å². The fourth-order valence-corrected chi connectivity index (χ4v) is 12.2. The summed E-state index contributed by atoms with van der Waals surface area (Å²) in [6.45, 7) is 4.75. The van der Waals surface area contributed by atoms with Gasteiger partial charge in [0.25, 0.3) is 0 Å². The summed E-state index contributed by atoms with van der Waals surface area (Å²) in [7, 11) is -9.93. The number of hydrogen-bond donors (Lipinski definition) is 3. The van der Waals surface area contributed by atoms with Gasteiger partial charge in [0.15, 0.2) is 12.2 Å². The number of allylic oxidation sites excluding steroid dienone is 10. The van der Waals surface area contributed by atoms with E-state index in [4.69, 9.17) is 37.0 Å². The molecule has 5 atom stereocenters. The van der Waals surface area contributed by atoms with Crippen molar-refractivity contribution in [1.29, 1.82) is 0 Å². The van der Waals surface area contributed by atoms with Crippen molar-refractivity contribution in [2.24, 2.45) is 0 Å². The van der Waals surface area contributed by atoms with Crippen LogP contribution < -0.4 is 0 Å². The van der Waals surface area contributed by atoms with E-state index < -0.39 is 97.5 Å². The van der Waals surface area contributed by atoms with Crippen molar-refractivity contribution in [2.75, 3.05) is 39.6 Å². The third-order valence-electron chi connectivity index (χ3n) is 16.5. The largest absolute Gasteiger partial charge is 0.472 e. The first kappa shape index (κ1) is 92.8. The van der Waals surface area contributed by atoms with E-state index in [1.54, 1.807) is 0 Å². The van der Waals surface area contributed by atoms with E-state index in [9.17, 15) is 43.2 Å². The molecule has 0 aliphatic rings. The van der Waals surface area contributed by atoms with Gasteiger partial charge in [-0.05, 0) is 83.5 Å². The first-order valence-electron chi connectivity index (χ1n) is 38.5. The molecule has 0 spiro atoms. The van der Waals surface area contributed by atoms with Crippen molar-refractivity contribution in [2.45, 2.75) is 367 Å². The lowest BCUT2D eigenvalue weighted by molar-refractivity contribution is -0.161. The fourth-order valence-electron chi connectivity index (χ4n) is 10.6. The lowest BCUT2D eigenvalue weighted by Gasteiger charge is -2.21. The van der Waals surface area contributed by atoms with Crippen molar-refractivity contribution >= 4 is 39.5 Å². The van der Waals surface area contributed by atoms with Crippen molar-refractivity contribution < 1.29 is 80.2 Å². The van der Waals surface area contributed by atoms with Crippen molar-refractivity contribution in [3.05, 3.63) is 60.8 Å². The molecule has 0 amide bonds. The monoisotopic (exact) mass is 1400 g/mol. The SMILES string of the molecule is CC/C=C\C/C=C\C/C=C\C/C=C\CCCCCCCCC(=O)OCC(COP(=O)(O)OCC(O)COP(=O)(O)OCC(COC(=O)CCCCCCCCCCCCCCC)OC(=O)CCCCCCC/C=C\CCCC)OC(=O)CCCCCCCCCCCCCCC. The summed E-state index contributed by atoms with van der Waals surface area (Å²) >= 11 is 0. The molecule has 0 fully saturated rings. The van der Waals surface area contributed by atoms with Gasteiger partial charge in [-0.25, -0.2) is 9.13 Å². The van der Waals surface area contributed by atoms with Gasteiger partial charge in [0, 0.05) is 25.7 Å². The van der Waals surface area contributed by atoms with Crippen LogP contribution in [0.3, 0.4) is 0 Å². The Hall–Kier alpha value is -3.24. The van der Waals surface area contributed by atoms with Crippen LogP contribution in [0.5, 0.6) is 0 Å². The van der Waals surface area contributed by atoms with E-state index >= 15 is 0 Å². The maximum absolute atomic E-state index is 13.1. The Labute approximate surface area is 584 Å². The van der Waals surface area contributed by atoms with Crippen LogP contribution in [-0.4, -0.2) is 96.7 Å². The van der Waals surface area contributed by atoms with Gasteiger partial charge in [-0.15, -0.1) is 0 Å². The van der Waals surface area contributed by atoms with Crippen LogP contribution in [-0.2, 0) is 65.4 Å². The summed E-state index contributed by atoms with van der Waals surface area (Å²) in [5, 5.41) is 10.6. The van der Waals surface area contributed by atoms with E-state index in [1.165, 1.54) is 122 Å². The molecule has 0 heterocycles. The molecule has 0 saturated carbocycles. The Morgan fingerprint density at radius 2 is 0.552 bits per heavy atom. The van der Waals surface area contributed by atoms with Crippen LogP contribution in [0.15, 0.2) is 60.8 Å². The zero-order chi connectivity index (χ0) is 70.4. The summed E-state index contributed by atoms with van der Waals surface area (Å²) in [6, 6.07) is 0. The molecule has 0 rings (SSSR count). The normalized spacial score (nSPS) is 14.3. The topological polar surface area (TPSA) is 237 Å². The standard InChI is InChI=1S/C77H140O17P2/c1-5-9-13-17-21-25-29-32-33-34-35-36-37-40-43-46-50-54-58-62-75(80)88-68-73(94-77(82)64-60-56-52-48-44-39-31-27-23-19-15-11-7-3)70-92-96(85,86)90-66-71(78)65-89-95(83,84)91-69-72(93-76(81)63-59-55-51-47-41-28-24-20-16-12-8-4)67-87-74(79)61-57-53-49-45-42-38-30-26-22-18-14-10-6-2/h9,13,20-21,24-25,32-33,35-36,71-73,78H,5-8,10-12,14-19,22-23,26-31,34,37-70H2,1-4H3,(H,83,84)(H,85,86)/b13-9-,24-20-,25-21-,33-32-,36-35-. The van der Waals surface area contributed by atoms with Crippen LogP contribution in [0.2, 0.25) is 0 Å². The Kier molecular flexibility index (Phi) is 67.8. The van der Waals surface area contributed by atoms with Gasteiger partial charge in [0.05, 0.1) is 26.4 Å². The van der Waals surface area contributed by atoms with Crippen molar-refractivity contribution in [3.8, 4) is 0 Å². The molecule has 0 aromatic heterocycles. The molecule has 0 aliphatic heterocycles. The smallest absolute Gasteiger partial charge is 0.462 e. The second kappa shape index (κ2) is 70.2. The second-order valence-corrected chi connectivity index (χ2v) is 28.8. The highest BCUT2D eigenvalue weighted by atomic mass is 31.2. The number of ether oxygens (including phenoxy) is 4. The molecule has 0 saturated heterocycles. The Bertz CT molecular complexity index is 2060. The Morgan fingerprint density at radius 1 is 0.302 bits per heavy atom. The van der Waals surface area contributed by atoms with Crippen LogP contribution in [0, 0.1) is 0 Å². The summed E-state index contributed by atoms with van der Waals surface area (Å²) in [5.41, 5.74) is 0. The number of hydrogen-bond acceptors (Lipinski definition) is 15. The third-order valence-corrected chi connectivity index (χ3v) is 18.4. The van der Waals surface area contributed by atoms with E-state index in [0.717, 1.165) is 148 Å². The van der Waals surface area contributed by atoms with Gasteiger partial charge in [-0.1, -0.05) is 300 Å². The van der Waals surface area contributed by atoms with E-state index in [0.29, 0.717) is 25.7 Å². The predicted molar refractivity (Wildman–Crippen MR) is 390 cm³/mol. The molecule has 3 N–H and O–H groups in total. The summed E-state index contributed by atoms with van der Waals surface area (Å²) in [5.74, 6) is -2.17. The first-order valence-corrected chi connectivity index (χ1v) is 41.5. The number of aliphatic hydroxyl groups excluding tert-OH is 1. The minimum Gasteiger partial charge on any atom is -0.462 e.